The van der Waals surface area contributed by atoms with Gasteiger partial charge in [0, 0.05) is 36.8 Å². The fourth-order valence-electron chi connectivity index (χ4n) is 4.69. The Morgan fingerprint density at radius 1 is 0.828 bits per heavy atom. The topological polar surface area (TPSA) is 40.6 Å². The molecule has 2 aliphatic rings. The molecule has 0 saturated carbocycles. The number of aryl methyl sites for hydroxylation is 1. The van der Waals surface area contributed by atoms with Gasteiger partial charge < -0.3 is 9.80 Å². The van der Waals surface area contributed by atoms with Crippen LogP contribution in [0.3, 0.4) is 0 Å². The summed E-state index contributed by atoms with van der Waals surface area (Å²) in [5.41, 5.74) is 3.05. The van der Waals surface area contributed by atoms with Gasteiger partial charge in [0.05, 0.1) is 0 Å². The van der Waals surface area contributed by atoms with Crippen LogP contribution in [0.4, 0.5) is 5.69 Å². The second kappa shape index (κ2) is 7.36. The van der Waals surface area contributed by atoms with Crippen molar-refractivity contribution in [1.29, 1.82) is 0 Å². The smallest absolute Gasteiger partial charge is 0.253 e. The van der Waals surface area contributed by atoms with Crippen LogP contribution in [0.15, 0.2) is 66.7 Å². The lowest BCUT2D eigenvalue weighted by atomic mass is 9.95. The van der Waals surface area contributed by atoms with Gasteiger partial charge in [0.15, 0.2) is 0 Å². The van der Waals surface area contributed by atoms with E-state index >= 15 is 0 Å². The number of anilines is 1. The number of carbonyl (C=O) groups is 2. The van der Waals surface area contributed by atoms with Crippen LogP contribution in [0.25, 0.3) is 10.8 Å². The zero-order chi connectivity index (χ0) is 19.8. The Hall–Kier alpha value is -3.14. The molecule has 0 atom stereocenters. The summed E-state index contributed by atoms with van der Waals surface area (Å²) in [4.78, 5) is 29.6. The molecule has 4 heteroatoms. The number of rotatable bonds is 2. The monoisotopic (exact) mass is 384 g/mol. The summed E-state index contributed by atoms with van der Waals surface area (Å²) in [5, 5.41) is 2.23. The van der Waals surface area contributed by atoms with E-state index in [2.05, 4.69) is 18.2 Å². The number of piperidine rings is 1. The lowest BCUT2D eigenvalue weighted by Crippen LogP contribution is -2.50. The molecule has 2 heterocycles. The van der Waals surface area contributed by atoms with E-state index < -0.39 is 0 Å². The van der Waals surface area contributed by atoms with Crippen LogP contribution in [0.5, 0.6) is 0 Å². The average Bonchev–Trinajstić information content (AvgIpc) is 2.78. The Balaban J connectivity index is 1.31. The molecule has 146 valence electrons. The summed E-state index contributed by atoms with van der Waals surface area (Å²) >= 11 is 0. The summed E-state index contributed by atoms with van der Waals surface area (Å²) < 4.78 is 0. The highest BCUT2D eigenvalue weighted by molar-refractivity contribution is 5.99. The van der Waals surface area contributed by atoms with Gasteiger partial charge in [0.25, 0.3) is 5.91 Å². The predicted octanol–water partition coefficient (Wildman–Crippen LogP) is 4.42. The van der Waals surface area contributed by atoms with E-state index in [1.807, 2.05) is 58.3 Å². The molecule has 0 radical (unpaired) electrons. The van der Waals surface area contributed by atoms with Crippen molar-refractivity contribution in [2.45, 2.75) is 31.7 Å². The molecule has 4 nitrogen and oxygen atoms in total. The molecule has 3 aromatic rings. The maximum Gasteiger partial charge on any atom is 0.253 e. The van der Waals surface area contributed by atoms with Crippen molar-refractivity contribution in [2.24, 2.45) is 0 Å². The standard InChI is InChI=1S/C25H24N2O2/c28-24-12-11-19-6-3-4-8-23(19)27(24)22-13-15-26(16-14-22)25(29)21-10-9-18-5-1-2-7-20(18)17-21/h1-10,17,22H,11-16H2. The predicted molar refractivity (Wildman–Crippen MR) is 115 cm³/mol. The molecule has 0 N–H and O–H groups in total. The molecule has 0 spiro atoms. The SMILES string of the molecule is O=C(c1ccc2ccccc2c1)N1CCC(N2C(=O)CCc3ccccc32)CC1. The van der Waals surface area contributed by atoms with Crippen molar-refractivity contribution in [1.82, 2.24) is 4.90 Å². The summed E-state index contributed by atoms with van der Waals surface area (Å²) in [6, 6.07) is 22.4. The van der Waals surface area contributed by atoms with Gasteiger partial charge in [-0.2, -0.15) is 0 Å². The van der Waals surface area contributed by atoms with Crippen molar-refractivity contribution in [3.8, 4) is 0 Å². The second-order valence-electron chi connectivity index (χ2n) is 7.98. The Morgan fingerprint density at radius 2 is 1.55 bits per heavy atom. The maximum atomic E-state index is 13.0. The van der Waals surface area contributed by atoms with Gasteiger partial charge in [-0.25, -0.2) is 0 Å². The van der Waals surface area contributed by atoms with Crippen molar-refractivity contribution < 1.29 is 9.59 Å². The van der Waals surface area contributed by atoms with Gasteiger partial charge >= 0.3 is 0 Å². The number of carbonyl (C=O) groups excluding carboxylic acids is 2. The fourth-order valence-corrected chi connectivity index (χ4v) is 4.69. The number of likely N-dealkylation sites (tertiary alicyclic amines) is 1. The zero-order valence-corrected chi connectivity index (χ0v) is 16.4. The fraction of sp³-hybridized carbons (Fsp3) is 0.280. The molecule has 0 aromatic heterocycles. The molecule has 1 saturated heterocycles. The molecule has 0 unspecified atom stereocenters. The lowest BCUT2D eigenvalue weighted by molar-refractivity contribution is -0.119. The highest BCUT2D eigenvalue weighted by Crippen LogP contribution is 2.32. The number of benzene rings is 3. The summed E-state index contributed by atoms with van der Waals surface area (Å²) in [7, 11) is 0. The molecule has 2 aliphatic heterocycles. The van der Waals surface area contributed by atoms with E-state index in [4.69, 9.17) is 0 Å². The molecule has 1 fully saturated rings. The van der Waals surface area contributed by atoms with Crippen molar-refractivity contribution >= 4 is 28.3 Å². The minimum atomic E-state index is 0.0829. The van der Waals surface area contributed by atoms with Gasteiger partial charge in [-0.05, 0) is 53.8 Å². The quantitative estimate of drug-likeness (QED) is 0.656. The van der Waals surface area contributed by atoms with Crippen molar-refractivity contribution in [3.05, 3.63) is 77.9 Å². The first-order valence-corrected chi connectivity index (χ1v) is 10.4. The number of hydrogen-bond acceptors (Lipinski definition) is 2. The molecular formula is C25H24N2O2. The number of amides is 2. The van der Waals surface area contributed by atoms with E-state index in [1.54, 1.807) is 0 Å². The van der Waals surface area contributed by atoms with Gasteiger partial charge in [-0.1, -0.05) is 48.5 Å². The highest BCUT2D eigenvalue weighted by atomic mass is 16.2. The van der Waals surface area contributed by atoms with Crippen LogP contribution in [0, 0.1) is 0 Å². The largest absolute Gasteiger partial charge is 0.338 e. The Labute approximate surface area is 170 Å². The van der Waals surface area contributed by atoms with Crippen molar-refractivity contribution in [2.75, 3.05) is 18.0 Å². The maximum absolute atomic E-state index is 13.0. The number of nitrogens with zero attached hydrogens (tertiary/aromatic N) is 2. The van der Waals surface area contributed by atoms with Crippen LogP contribution < -0.4 is 4.90 Å². The van der Waals surface area contributed by atoms with Crippen LogP contribution in [-0.2, 0) is 11.2 Å². The second-order valence-corrected chi connectivity index (χ2v) is 7.98. The third-order valence-electron chi connectivity index (χ3n) is 6.24. The first-order chi connectivity index (χ1) is 14.2. The van der Waals surface area contributed by atoms with Crippen LogP contribution in [-0.4, -0.2) is 35.8 Å². The van der Waals surface area contributed by atoms with Gasteiger partial charge in [-0.15, -0.1) is 0 Å². The Kier molecular flexibility index (Phi) is 4.55. The molecule has 3 aromatic carbocycles. The van der Waals surface area contributed by atoms with Crippen LogP contribution in [0.1, 0.15) is 35.2 Å². The van der Waals surface area contributed by atoms with Crippen LogP contribution >= 0.6 is 0 Å². The lowest BCUT2D eigenvalue weighted by Gasteiger charge is -2.41. The van der Waals surface area contributed by atoms with Gasteiger partial charge in [0.1, 0.15) is 0 Å². The first-order valence-electron chi connectivity index (χ1n) is 10.4. The summed E-state index contributed by atoms with van der Waals surface area (Å²) in [5.74, 6) is 0.294. The Morgan fingerprint density at radius 3 is 2.38 bits per heavy atom. The third-order valence-corrected chi connectivity index (χ3v) is 6.24. The normalized spacial score (nSPS) is 17.4. The summed E-state index contributed by atoms with van der Waals surface area (Å²) in [6.07, 6.45) is 3.04. The van der Waals surface area contributed by atoms with E-state index in [-0.39, 0.29) is 17.9 Å². The van der Waals surface area contributed by atoms with E-state index in [0.717, 1.165) is 41.3 Å². The summed E-state index contributed by atoms with van der Waals surface area (Å²) in [6.45, 7) is 1.37. The number of hydrogen-bond donors (Lipinski definition) is 0. The molecule has 29 heavy (non-hydrogen) atoms. The first kappa shape index (κ1) is 17.9. The van der Waals surface area contributed by atoms with Crippen LogP contribution in [0.2, 0.25) is 0 Å². The minimum Gasteiger partial charge on any atom is -0.338 e. The van der Waals surface area contributed by atoms with E-state index in [0.29, 0.717) is 19.5 Å². The van der Waals surface area contributed by atoms with Gasteiger partial charge in [0.2, 0.25) is 5.91 Å². The molecular weight excluding hydrogens is 360 g/mol. The third kappa shape index (κ3) is 3.29. The molecule has 0 aliphatic carbocycles. The molecule has 5 rings (SSSR count). The number of fused-ring (bicyclic) bond motifs is 2. The van der Waals surface area contributed by atoms with Gasteiger partial charge in [-0.3, -0.25) is 9.59 Å². The Bertz CT molecular complexity index is 1080. The molecule has 2 amide bonds. The van der Waals surface area contributed by atoms with Crippen molar-refractivity contribution in [3.63, 3.8) is 0 Å². The average molecular weight is 384 g/mol. The van der Waals surface area contributed by atoms with E-state index in [1.165, 1.54) is 5.56 Å². The number of para-hydroxylation sites is 1. The minimum absolute atomic E-state index is 0.0829. The highest BCUT2D eigenvalue weighted by Gasteiger charge is 2.33. The van der Waals surface area contributed by atoms with E-state index in [9.17, 15) is 9.59 Å². The zero-order valence-electron chi connectivity index (χ0n) is 16.4. The molecule has 0 bridgehead atoms.